The second kappa shape index (κ2) is 4.99. The minimum Gasteiger partial charge on any atom is -0.306 e. The zero-order valence-electron chi connectivity index (χ0n) is 10.7. The molecule has 2 aromatic heterocycles. The van der Waals surface area contributed by atoms with Crippen LogP contribution in [0.25, 0.3) is 0 Å². The summed E-state index contributed by atoms with van der Waals surface area (Å²) < 4.78 is 1.66. The maximum atomic E-state index is 11.8. The van der Waals surface area contributed by atoms with E-state index in [9.17, 15) is 4.79 Å². The Kier molecular flexibility index (Phi) is 3.40. The molecule has 0 radical (unpaired) electrons. The Bertz CT molecular complexity index is 556. The summed E-state index contributed by atoms with van der Waals surface area (Å²) in [6, 6.07) is 1.93. The summed E-state index contributed by atoms with van der Waals surface area (Å²) in [4.78, 5) is 13.3. The van der Waals surface area contributed by atoms with E-state index in [1.54, 1.807) is 4.68 Å². The van der Waals surface area contributed by atoms with Crippen LogP contribution in [0.15, 0.2) is 12.3 Å². The molecular formula is C11H16N6O. The highest BCUT2D eigenvalue weighted by Crippen LogP contribution is 2.03. The number of hydrogen-bond donors (Lipinski definition) is 1. The number of aryl methyl sites for hydroxylation is 3. The second-order valence-corrected chi connectivity index (χ2v) is 4.05. The Morgan fingerprint density at radius 3 is 2.72 bits per heavy atom. The lowest BCUT2D eigenvalue weighted by atomic mass is 10.4. The predicted molar refractivity (Wildman–Crippen MR) is 66.0 cm³/mol. The lowest BCUT2D eigenvalue weighted by Gasteiger charge is -2.03. The predicted octanol–water partition coefficient (Wildman–Crippen LogP) is 0.750. The average molecular weight is 248 g/mol. The summed E-state index contributed by atoms with van der Waals surface area (Å²) in [6.07, 6.45) is 1.53. The van der Waals surface area contributed by atoms with Gasteiger partial charge in [-0.3, -0.25) is 9.48 Å². The highest BCUT2D eigenvalue weighted by molar-refractivity contribution is 5.89. The van der Waals surface area contributed by atoms with Crippen molar-refractivity contribution in [3.8, 4) is 0 Å². The van der Waals surface area contributed by atoms with E-state index >= 15 is 0 Å². The molecule has 96 valence electrons. The van der Waals surface area contributed by atoms with Crippen LogP contribution < -0.4 is 5.32 Å². The number of hydrogen-bond acceptors (Lipinski definition) is 4. The summed E-state index contributed by atoms with van der Waals surface area (Å²) in [5.74, 6) is 0.299. The molecule has 0 aliphatic rings. The largest absolute Gasteiger partial charge is 0.306 e. The zero-order valence-corrected chi connectivity index (χ0v) is 10.7. The maximum absolute atomic E-state index is 11.8. The smallest absolute Gasteiger partial charge is 0.247 e. The van der Waals surface area contributed by atoms with E-state index in [0.717, 1.165) is 11.4 Å². The van der Waals surface area contributed by atoms with E-state index in [-0.39, 0.29) is 12.5 Å². The Labute approximate surface area is 105 Å². The lowest BCUT2D eigenvalue weighted by molar-refractivity contribution is -0.117. The number of nitrogens with zero attached hydrogens (tertiary/aromatic N) is 5. The van der Waals surface area contributed by atoms with Gasteiger partial charge < -0.3 is 5.32 Å². The van der Waals surface area contributed by atoms with Crippen molar-refractivity contribution in [2.24, 2.45) is 0 Å². The van der Waals surface area contributed by atoms with Crippen molar-refractivity contribution >= 4 is 11.7 Å². The van der Waals surface area contributed by atoms with Crippen LogP contribution in [0.4, 0.5) is 5.82 Å². The second-order valence-electron chi connectivity index (χ2n) is 4.05. The third-order valence-electron chi connectivity index (χ3n) is 2.48. The first kappa shape index (κ1) is 12.3. The van der Waals surface area contributed by atoms with Gasteiger partial charge in [0.2, 0.25) is 5.91 Å². The van der Waals surface area contributed by atoms with Gasteiger partial charge in [0.1, 0.15) is 6.54 Å². The SMILES string of the molecule is CCn1ncc(NC(=O)Cn2nc(C)cc2C)n1. The molecule has 2 aromatic rings. The summed E-state index contributed by atoms with van der Waals surface area (Å²) >= 11 is 0. The number of anilines is 1. The van der Waals surface area contributed by atoms with Gasteiger partial charge in [0, 0.05) is 5.69 Å². The standard InChI is InChI=1S/C11H16N6O/c1-4-17-12-6-10(15-17)13-11(18)7-16-9(3)5-8(2)14-16/h5-6H,4,7H2,1-3H3,(H,13,15,18). The Balaban J connectivity index is 1.98. The molecule has 7 nitrogen and oxygen atoms in total. The first-order valence-electron chi connectivity index (χ1n) is 5.79. The molecule has 0 aromatic carbocycles. The third kappa shape index (κ3) is 2.73. The van der Waals surface area contributed by atoms with Gasteiger partial charge in [-0.1, -0.05) is 0 Å². The first-order chi connectivity index (χ1) is 8.58. The maximum Gasteiger partial charge on any atom is 0.247 e. The molecular weight excluding hydrogens is 232 g/mol. The molecule has 0 saturated heterocycles. The van der Waals surface area contributed by atoms with E-state index < -0.39 is 0 Å². The van der Waals surface area contributed by atoms with Crippen LogP contribution in [0.1, 0.15) is 18.3 Å². The first-order valence-corrected chi connectivity index (χ1v) is 5.79. The average Bonchev–Trinajstić information content (AvgIpc) is 2.86. The minimum atomic E-state index is -0.163. The fraction of sp³-hybridized carbons (Fsp3) is 0.455. The molecule has 0 aliphatic carbocycles. The number of carbonyl (C=O) groups is 1. The molecule has 0 saturated carbocycles. The van der Waals surface area contributed by atoms with Crippen molar-refractivity contribution in [3.63, 3.8) is 0 Å². The molecule has 0 spiro atoms. The number of rotatable bonds is 4. The highest BCUT2D eigenvalue weighted by atomic mass is 16.2. The van der Waals surface area contributed by atoms with E-state index in [1.165, 1.54) is 11.0 Å². The molecule has 2 heterocycles. The fourth-order valence-corrected chi connectivity index (χ4v) is 1.66. The van der Waals surface area contributed by atoms with Crippen molar-refractivity contribution in [1.29, 1.82) is 0 Å². The van der Waals surface area contributed by atoms with E-state index in [0.29, 0.717) is 12.4 Å². The van der Waals surface area contributed by atoms with Crippen molar-refractivity contribution in [2.45, 2.75) is 33.9 Å². The monoisotopic (exact) mass is 248 g/mol. The minimum absolute atomic E-state index is 0.163. The molecule has 0 aliphatic heterocycles. The molecule has 7 heteroatoms. The Morgan fingerprint density at radius 1 is 1.39 bits per heavy atom. The van der Waals surface area contributed by atoms with E-state index in [2.05, 4.69) is 20.6 Å². The van der Waals surface area contributed by atoms with Crippen molar-refractivity contribution in [3.05, 3.63) is 23.7 Å². The van der Waals surface area contributed by atoms with E-state index in [1.807, 2.05) is 26.8 Å². The molecule has 1 N–H and O–H groups in total. The van der Waals surface area contributed by atoms with Crippen LogP contribution in [0.5, 0.6) is 0 Å². The number of carbonyl (C=O) groups excluding carboxylic acids is 1. The molecule has 1 amide bonds. The highest BCUT2D eigenvalue weighted by Gasteiger charge is 2.09. The number of amides is 1. The van der Waals surface area contributed by atoms with Crippen LogP contribution in [0, 0.1) is 13.8 Å². The lowest BCUT2D eigenvalue weighted by Crippen LogP contribution is -2.20. The van der Waals surface area contributed by atoms with Crippen LogP contribution in [0.3, 0.4) is 0 Å². The molecule has 0 bridgehead atoms. The van der Waals surface area contributed by atoms with Gasteiger partial charge in [-0.2, -0.15) is 15.0 Å². The van der Waals surface area contributed by atoms with Crippen molar-refractivity contribution < 1.29 is 4.79 Å². The van der Waals surface area contributed by atoms with Gasteiger partial charge in [-0.05, 0) is 26.8 Å². The number of aromatic nitrogens is 5. The van der Waals surface area contributed by atoms with Gasteiger partial charge in [0.25, 0.3) is 0 Å². The molecule has 2 rings (SSSR count). The normalized spacial score (nSPS) is 10.6. The fourth-order valence-electron chi connectivity index (χ4n) is 1.66. The number of nitrogens with one attached hydrogen (secondary N) is 1. The third-order valence-corrected chi connectivity index (χ3v) is 2.48. The summed E-state index contributed by atoms with van der Waals surface area (Å²) in [6.45, 7) is 6.60. The van der Waals surface area contributed by atoms with Gasteiger partial charge in [0.15, 0.2) is 5.82 Å². The summed E-state index contributed by atoms with van der Waals surface area (Å²) in [5, 5.41) is 15.0. The molecule has 0 atom stereocenters. The Morgan fingerprint density at radius 2 is 2.17 bits per heavy atom. The van der Waals surface area contributed by atoms with Crippen LogP contribution in [-0.4, -0.2) is 30.7 Å². The zero-order chi connectivity index (χ0) is 13.1. The quantitative estimate of drug-likeness (QED) is 0.866. The van der Waals surface area contributed by atoms with Crippen molar-refractivity contribution in [2.75, 3.05) is 5.32 Å². The van der Waals surface area contributed by atoms with Gasteiger partial charge in [-0.15, -0.1) is 5.10 Å². The summed E-state index contributed by atoms with van der Waals surface area (Å²) in [5.41, 5.74) is 1.86. The van der Waals surface area contributed by atoms with Crippen LogP contribution in [-0.2, 0) is 17.9 Å². The molecule has 0 fully saturated rings. The van der Waals surface area contributed by atoms with Crippen LogP contribution >= 0.6 is 0 Å². The molecule has 18 heavy (non-hydrogen) atoms. The van der Waals surface area contributed by atoms with Gasteiger partial charge >= 0.3 is 0 Å². The van der Waals surface area contributed by atoms with Crippen molar-refractivity contribution in [1.82, 2.24) is 24.8 Å². The topological polar surface area (TPSA) is 77.6 Å². The van der Waals surface area contributed by atoms with Gasteiger partial charge in [-0.25, -0.2) is 0 Å². The van der Waals surface area contributed by atoms with Crippen LogP contribution in [0.2, 0.25) is 0 Å². The Hall–Kier alpha value is -2.18. The summed E-state index contributed by atoms with van der Waals surface area (Å²) in [7, 11) is 0. The van der Waals surface area contributed by atoms with Gasteiger partial charge in [0.05, 0.1) is 18.4 Å². The molecule has 0 unspecified atom stereocenters. The van der Waals surface area contributed by atoms with E-state index in [4.69, 9.17) is 0 Å².